The molecule has 5 aromatic rings. The van der Waals surface area contributed by atoms with E-state index in [9.17, 15) is 22.0 Å². The van der Waals surface area contributed by atoms with Crippen LogP contribution in [0.4, 0.5) is 8.78 Å². The highest BCUT2D eigenvalue weighted by atomic mass is 32.2. The van der Waals surface area contributed by atoms with Gasteiger partial charge in [-0.1, -0.05) is 23.4 Å². The van der Waals surface area contributed by atoms with Crippen LogP contribution >= 0.6 is 0 Å². The molecule has 0 spiro atoms. The number of carbonyl (C=O) groups excluding carboxylic acids is 1. The molecule has 0 radical (unpaired) electrons. The van der Waals surface area contributed by atoms with Gasteiger partial charge in [-0.05, 0) is 35.9 Å². The van der Waals surface area contributed by atoms with Crippen molar-refractivity contribution in [3.05, 3.63) is 102 Å². The Morgan fingerprint density at radius 2 is 1.86 bits per heavy atom. The fraction of sp³-hybridized carbons (Fsp3) is 0.120. The standard InChI is InChI=1S/C25H19F2N5O3S/c26-18-11-22(27)25-23(12-18)31(14-17-4-3-6-20(10-17)32-9-8-29-30-32)15-24(25)36(34,35)16-21(33)13-19-5-1-2-7-28-19/h1-12,15H,13-14,16H2. The van der Waals surface area contributed by atoms with E-state index in [-0.39, 0.29) is 28.8 Å². The van der Waals surface area contributed by atoms with E-state index < -0.39 is 33.0 Å². The van der Waals surface area contributed by atoms with E-state index >= 15 is 0 Å². The van der Waals surface area contributed by atoms with Crippen molar-refractivity contribution in [3.63, 3.8) is 0 Å². The third kappa shape index (κ3) is 4.78. The monoisotopic (exact) mass is 507 g/mol. The first-order valence-corrected chi connectivity index (χ1v) is 12.5. The molecule has 3 aromatic heterocycles. The van der Waals surface area contributed by atoms with Gasteiger partial charge >= 0.3 is 0 Å². The van der Waals surface area contributed by atoms with Crippen LogP contribution < -0.4 is 0 Å². The normalized spacial score (nSPS) is 11.7. The largest absolute Gasteiger partial charge is 0.342 e. The lowest BCUT2D eigenvalue weighted by atomic mass is 10.2. The molecule has 0 N–H and O–H groups in total. The smallest absolute Gasteiger partial charge is 0.187 e. The molecule has 8 nitrogen and oxygen atoms in total. The van der Waals surface area contributed by atoms with Gasteiger partial charge in [0.15, 0.2) is 15.6 Å². The zero-order valence-corrected chi connectivity index (χ0v) is 19.6. The Labute approximate surface area is 204 Å². The maximum atomic E-state index is 14.9. The molecule has 0 aliphatic heterocycles. The number of pyridine rings is 1. The van der Waals surface area contributed by atoms with Gasteiger partial charge in [0.25, 0.3) is 0 Å². The van der Waals surface area contributed by atoms with Crippen molar-refractivity contribution in [1.29, 1.82) is 0 Å². The minimum absolute atomic E-state index is 0.0643. The molecular weight excluding hydrogens is 488 g/mol. The molecule has 0 atom stereocenters. The topological polar surface area (TPSA) is 99.7 Å². The summed E-state index contributed by atoms with van der Waals surface area (Å²) < 4.78 is 58.5. The fourth-order valence-corrected chi connectivity index (χ4v) is 5.54. The van der Waals surface area contributed by atoms with Gasteiger partial charge in [0.05, 0.1) is 33.9 Å². The van der Waals surface area contributed by atoms with Crippen molar-refractivity contribution < 1.29 is 22.0 Å². The molecule has 0 fully saturated rings. The molecule has 2 aromatic carbocycles. The summed E-state index contributed by atoms with van der Waals surface area (Å²) in [6.07, 6.45) is 5.78. The highest BCUT2D eigenvalue weighted by molar-refractivity contribution is 7.92. The molecule has 3 heterocycles. The second-order valence-electron chi connectivity index (χ2n) is 8.22. The molecular formula is C25H19F2N5O3S. The van der Waals surface area contributed by atoms with Crippen molar-refractivity contribution in [3.8, 4) is 5.69 Å². The van der Waals surface area contributed by atoms with E-state index in [1.54, 1.807) is 47.3 Å². The second kappa shape index (κ2) is 9.42. The summed E-state index contributed by atoms with van der Waals surface area (Å²) in [5.74, 6) is -3.28. The van der Waals surface area contributed by atoms with Crippen LogP contribution in [0.15, 0.2) is 84.3 Å². The lowest BCUT2D eigenvalue weighted by Gasteiger charge is -2.08. The maximum Gasteiger partial charge on any atom is 0.187 e. The highest BCUT2D eigenvalue weighted by Gasteiger charge is 2.27. The van der Waals surface area contributed by atoms with E-state index in [2.05, 4.69) is 15.3 Å². The molecule has 0 unspecified atom stereocenters. The van der Waals surface area contributed by atoms with E-state index in [1.165, 1.54) is 23.2 Å². The summed E-state index contributed by atoms with van der Waals surface area (Å²) in [5.41, 5.74) is 1.95. The molecule has 182 valence electrons. The van der Waals surface area contributed by atoms with E-state index in [1.807, 2.05) is 6.07 Å². The molecule has 36 heavy (non-hydrogen) atoms. The van der Waals surface area contributed by atoms with Crippen LogP contribution in [0.3, 0.4) is 0 Å². The third-order valence-corrected chi connectivity index (χ3v) is 7.29. The summed E-state index contributed by atoms with van der Waals surface area (Å²) in [6, 6.07) is 13.9. The first-order chi connectivity index (χ1) is 17.3. The number of fused-ring (bicyclic) bond motifs is 1. The molecule has 0 amide bonds. The van der Waals surface area contributed by atoms with Crippen molar-refractivity contribution in [2.24, 2.45) is 0 Å². The number of sulfone groups is 1. The number of rotatable bonds is 8. The average Bonchev–Trinajstić information content (AvgIpc) is 3.49. The first-order valence-electron chi connectivity index (χ1n) is 10.9. The molecule has 0 saturated carbocycles. The summed E-state index contributed by atoms with van der Waals surface area (Å²) in [7, 11) is -4.24. The van der Waals surface area contributed by atoms with Gasteiger partial charge < -0.3 is 4.57 Å². The molecule has 0 bridgehead atoms. The zero-order chi connectivity index (χ0) is 25.3. The van der Waals surface area contributed by atoms with Crippen LogP contribution in [0, 0.1) is 11.6 Å². The fourth-order valence-electron chi connectivity index (χ4n) is 4.06. The molecule has 0 aliphatic rings. The number of hydrogen-bond donors (Lipinski definition) is 0. The van der Waals surface area contributed by atoms with Crippen molar-refractivity contribution in [2.45, 2.75) is 17.9 Å². The number of ketones is 1. The molecule has 11 heteroatoms. The number of halogens is 2. The third-order valence-electron chi connectivity index (χ3n) is 5.60. The summed E-state index contributed by atoms with van der Waals surface area (Å²) in [5, 5.41) is 7.47. The molecule has 5 rings (SSSR count). The second-order valence-corrected chi connectivity index (χ2v) is 10.2. The lowest BCUT2D eigenvalue weighted by molar-refractivity contribution is -0.116. The van der Waals surface area contributed by atoms with E-state index in [4.69, 9.17) is 0 Å². The number of hydrogen-bond acceptors (Lipinski definition) is 6. The zero-order valence-electron chi connectivity index (χ0n) is 18.8. The van der Waals surface area contributed by atoms with Gasteiger partial charge in [0.1, 0.15) is 17.4 Å². The van der Waals surface area contributed by atoms with Gasteiger partial charge in [-0.2, -0.15) is 0 Å². The van der Waals surface area contributed by atoms with Gasteiger partial charge in [-0.25, -0.2) is 21.9 Å². The van der Waals surface area contributed by atoms with Crippen molar-refractivity contribution in [2.75, 3.05) is 5.75 Å². The summed E-state index contributed by atoms with van der Waals surface area (Å²) in [4.78, 5) is 16.2. The first kappa shape index (κ1) is 23.5. The van der Waals surface area contributed by atoms with Crippen molar-refractivity contribution >= 4 is 26.5 Å². The SMILES string of the molecule is O=C(Cc1ccccn1)CS(=O)(=O)c1cn(Cc2cccc(-n3ccnn3)c2)c2cc(F)cc(F)c12. The lowest BCUT2D eigenvalue weighted by Crippen LogP contribution is -2.18. The van der Waals surface area contributed by atoms with Crippen LogP contribution in [0.1, 0.15) is 11.3 Å². The van der Waals surface area contributed by atoms with Gasteiger partial charge in [-0.3, -0.25) is 9.78 Å². The minimum Gasteiger partial charge on any atom is -0.342 e. The highest BCUT2D eigenvalue weighted by Crippen LogP contribution is 2.31. The molecule has 0 aliphatic carbocycles. The van der Waals surface area contributed by atoms with Crippen LogP contribution in [-0.2, 0) is 27.6 Å². The van der Waals surface area contributed by atoms with E-state index in [0.717, 1.165) is 11.6 Å². The van der Waals surface area contributed by atoms with Crippen LogP contribution in [0.25, 0.3) is 16.6 Å². The summed E-state index contributed by atoms with van der Waals surface area (Å²) in [6.45, 7) is 0.124. The van der Waals surface area contributed by atoms with Gasteiger partial charge in [0, 0.05) is 37.1 Å². The average molecular weight is 508 g/mol. The maximum absolute atomic E-state index is 14.9. The Morgan fingerprint density at radius 3 is 2.61 bits per heavy atom. The number of benzene rings is 2. The Hall–Kier alpha value is -4.25. The molecule has 0 saturated heterocycles. The van der Waals surface area contributed by atoms with Gasteiger partial charge in [-0.15, -0.1) is 5.10 Å². The number of Topliss-reactive ketones (excluding diaryl/α,β-unsaturated/α-hetero) is 1. The number of aromatic nitrogens is 5. The Morgan fingerprint density at radius 1 is 1.00 bits per heavy atom. The number of nitrogens with zero attached hydrogens (tertiary/aromatic N) is 5. The van der Waals surface area contributed by atoms with Crippen molar-refractivity contribution in [1.82, 2.24) is 24.5 Å². The number of carbonyl (C=O) groups is 1. The Bertz CT molecular complexity index is 1670. The quantitative estimate of drug-likeness (QED) is 0.319. The van der Waals surface area contributed by atoms with Crippen LogP contribution in [0.5, 0.6) is 0 Å². The minimum atomic E-state index is -4.24. The van der Waals surface area contributed by atoms with Crippen LogP contribution in [-0.4, -0.2) is 44.5 Å². The van der Waals surface area contributed by atoms with Gasteiger partial charge in [0.2, 0.25) is 0 Å². The summed E-state index contributed by atoms with van der Waals surface area (Å²) >= 11 is 0. The predicted molar refractivity (Wildman–Crippen MR) is 127 cm³/mol. The Kier molecular flexibility index (Phi) is 6.15. The Balaban J connectivity index is 1.51. The van der Waals surface area contributed by atoms with E-state index in [0.29, 0.717) is 17.4 Å². The predicted octanol–water partition coefficient (Wildman–Crippen LogP) is 3.53. The van der Waals surface area contributed by atoms with Crippen LogP contribution in [0.2, 0.25) is 0 Å².